The van der Waals surface area contributed by atoms with Crippen molar-refractivity contribution in [2.75, 3.05) is 25.1 Å². The van der Waals surface area contributed by atoms with Gasteiger partial charge in [-0.15, -0.1) is 0 Å². The van der Waals surface area contributed by atoms with Crippen LogP contribution in [0.15, 0.2) is 6.07 Å². The Morgan fingerprint density at radius 2 is 2.15 bits per heavy atom. The minimum absolute atomic E-state index is 0.0276. The predicted octanol–water partition coefficient (Wildman–Crippen LogP) is 1.40. The maximum atomic E-state index is 12.5. The summed E-state index contributed by atoms with van der Waals surface area (Å²) in [6.45, 7) is 7.76. The van der Waals surface area contributed by atoms with E-state index in [1.807, 2.05) is 6.07 Å². The van der Waals surface area contributed by atoms with Crippen molar-refractivity contribution in [2.45, 2.75) is 39.0 Å². The van der Waals surface area contributed by atoms with E-state index in [1.165, 1.54) is 0 Å². The Labute approximate surface area is 119 Å². The highest BCUT2D eigenvalue weighted by atomic mass is 16.5. The molecule has 20 heavy (non-hydrogen) atoms. The highest BCUT2D eigenvalue weighted by Crippen LogP contribution is 2.31. The number of nitrogens with zero attached hydrogens (tertiary/aromatic N) is 1. The summed E-state index contributed by atoms with van der Waals surface area (Å²) in [4.78, 5) is 12.5. The van der Waals surface area contributed by atoms with Crippen molar-refractivity contribution < 1.29 is 9.53 Å². The maximum Gasteiger partial charge on any atom is 0.233 e. The van der Waals surface area contributed by atoms with Gasteiger partial charge in [-0.25, -0.2) is 0 Å². The second-order valence-corrected chi connectivity index (χ2v) is 6.47. The van der Waals surface area contributed by atoms with Gasteiger partial charge in [0.1, 0.15) is 0 Å². The molecule has 0 bridgehead atoms. The number of ether oxygens (including phenoxy) is 1. The second kappa shape index (κ2) is 5.54. The van der Waals surface area contributed by atoms with Crippen LogP contribution in [0.5, 0.6) is 0 Å². The van der Waals surface area contributed by atoms with E-state index >= 15 is 0 Å². The average Bonchev–Trinajstić information content (AvgIpc) is 2.88. The summed E-state index contributed by atoms with van der Waals surface area (Å²) >= 11 is 0. The van der Waals surface area contributed by atoms with Gasteiger partial charge in [-0.1, -0.05) is 20.8 Å². The zero-order valence-corrected chi connectivity index (χ0v) is 12.5. The molecule has 1 saturated heterocycles. The zero-order valence-electron chi connectivity index (χ0n) is 12.5. The van der Waals surface area contributed by atoms with Gasteiger partial charge in [-0.3, -0.25) is 9.89 Å². The van der Waals surface area contributed by atoms with Crippen LogP contribution in [0.2, 0.25) is 0 Å². The van der Waals surface area contributed by atoms with Crippen molar-refractivity contribution in [1.29, 1.82) is 0 Å². The number of nitrogens with two attached hydrogens (primary N) is 1. The van der Waals surface area contributed by atoms with Gasteiger partial charge in [0.05, 0.1) is 5.41 Å². The average molecular weight is 280 g/mol. The van der Waals surface area contributed by atoms with E-state index in [2.05, 4.69) is 36.3 Å². The molecule has 1 fully saturated rings. The summed E-state index contributed by atoms with van der Waals surface area (Å²) in [6.07, 6.45) is 1.32. The van der Waals surface area contributed by atoms with Crippen LogP contribution in [0.25, 0.3) is 0 Å². The third-order valence-corrected chi connectivity index (χ3v) is 3.95. The van der Waals surface area contributed by atoms with Crippen molar-refractivity contribution in [3.8, 4) is 0 Å². The van der Waals surface area contributed by atoms with Crippen LogP contribution >= 0.6 is 0 Å². The Balaban J connectivity index is 2.09. The quantitative estimate of drug-likeness (QED) is 0.780. The Hall–Kier alpha value is -1.40. The molecule has 1 aromatic rings. The van der Waals surface area contributed by atoms with Gasteiger partial charge in [-0.05, 0) is 12.8 Å². The molecule has 0 atom stereocenters. The molecule has 112 valence electrons. The van der Waals surface area contributed by atoms with Crippen LogP contribution in [0.1, 0.15) is 39.3 Å². The highest BCUT2D eigenvalue weighted by Gasteiger charge is 2.39. The van der Waals surface area contributed by atoms with Gasteiger partial charge in [0.2, 0.25) is 5.91 Å². The minimum Gasteiger partial charge on any atom is -0.381 e. The van der Waals surface area contributed by atoms with Gasteiger partial charge >= 0.3 is 0 Å². The molecular formula is C14H24N4O2. The number of hydrogen-bond donors (Lipinski definition) is 3. The number of aromatic nitrogens is 2. The lowest BCUT2D eigenvalue weighted by molar-refractivity contribution is -0.130. The molecule has 2 rings (SSSR count). The number of anilines is 1. The van der Waals surface area contributed by atoms with E-state index in [-0.39, 0.29) is 11.3 Å². The van der Waals surface area contributed by atoms with Crippen molar-refractivity contribution in [3.05, 3.63) is 11.8 Å². The van der Waals surface area contributed by atoms with E-state index in [9.17, 15) is 4.79 Å². The van der Waals surface area contributed by atoms with Crippen LogP contribution in [-0.4, -0.2) is 35.9 Å². The molecule has 1 amide bonds. The normalized spacial score (nSPS) is 18.8. The highest BCUT2D eigenvalue weighted by molar-refractivity contribution is 5.94. The molecule has 1 aromatic heterocycles. The van der Waals surface area contributed by atoms with E-state index in [4.69, 9.17) is 10.5 Å². The lowest BCUT2D eigenvalue weighted by atomic mass is 9.79. The third kappa shape index (κ3) is 3.02. The Morgan fingerprint density at radius 3 is 2.65 bits per heavy atom. The Kier molecular flexibility index (Phi) is 4.15. The fourth-order valence-corrected chi connectivity index (χ4v) is 2.30. The van der Waals surface area contributed by atoms with Gasteiger partial charge in [0, 0.05) is 36.9 Å². The first-order chi connectivity index (χ1) is 9.37. The largest absolute Gasteiger partial charge is 0.381 e. The molecule has 4 N–H and O–H groups in total. The number of nitrogens with one attached hydrogen (secondary N) is 2. The number of amides is 1. The lowest BCUT2D eigenvalue weighted by Gasteiger charge is -2.34. The standard InChI is InChI=1S/C14H24N4O2/c1-13(2,3)10-8-11(18-17-10)16-12(19)14(9-15)4-6-20-7-5-14/h8H,4-7,9,15H2,1-3H3,(H2,16,17,18,19). The van der Waals surface area contributed by atoms with Crippen LogP contribution in [0.3, 0.4) is 0 Å². The number of H-pyrrole nitrogens is 1. The fourth-order valence-electron chi connectivity index (χ4n) is 2.30. The van der Waals surface area contributed by atoms with E-state index in [0.29, 0.717) is 38.4 Å². The second-order valence-electron chi connectivity index (χ2n) is 6.47. The van der Waals surface area contributed by atoms with Crippen LogP contribution in [-0.2, 0) is 14.9 Å². The number of rotatable bonds is 3. The topological polar surface area (TPSA) is 93.0 Å². The van der Waals surface area contributed by atoms with Crippen molar-refractivity contribution >= 4 is 11.7 Å². The summed E-state index contributed by atoms with van der Waals surface area (Å²) in [5, 5.41) is 10.00. The molecule has 0 aliphatic carbocycles. The molecule has 0 spiro atoms. The molecule has 2 heterocycles. The SMILES string of the molecule is CC(C)(C)c1cc(NC(=O)C2(CN)CCOCC2)n[nH]1. The van der Waals surface area contributed by atoms with Crippen LogP contribution in [0, 0.1) is 5.41 Å². The Morgan fingerprint density at radius 1 is 1.50 bits per heavy atom. The third-order valence-electron chi connectivity index (χ3n) is 3.95. The van der Waals surface area contributed by atoms with Crippen molar-refractivity contribution in [3.63, 3.8) is 0 Å². The molecule has 0 saturated carbocycles. The molecule has 6 heteroatoms. The molecule has 0 radical (unpaired) electrons. The zero-order chi connectivity index (χ0) is 14.8. The monoisotopic (exact) mass is 280 g/mol. The predicted molar refractivity (Wildman–Crippen MR) is 77.5 cm³/mol. The molecule has 1 aliphatic heterocycles. The van der Waals surface area contributed by atoms with Crippen molar-refractivity contribution in [2.24, 2.45) is 11.1 Å². The minimum atomic E-state index is -0.529. The van der Waals surface area contributed by atoms with Crippen LogP contribution < -0.4 is 11.1 Å². The first-order valence-electron chi connectivity index (χ1n) is 7.02. The van der Waals surface area contributed by atoms with E-state index in [1.54, 1.807) is 0 Å². The van der Waals surface area contributed by atoms with Gasteiger partial charge in [0.25, 0.3) is 0 Å². The number of aromatic amines is 1. The van der Waals surface area contributed by atoms with E-state index < -0.39 is 5.41 Å². The van der Waals surface area contributed by atoms with Gasteiger partial charge < -0.3 is 15.8 Å². The molecule has 1 aliphatic rings. The van der Waals surface area contributed by atoms with E-state index in [0.717, 1.165) is 5.69 Å². The smallest absolute Gasteiger partial charge is 0.233 e. The fraction of sp³-hybridized carbons (Fsp3) is 0.714. The first kappa shape index (κ1) is 15.0. The first-order valence-corrected chi connectivity index (χ1v) is 7.02. The summed E-state index contributed by atoms with van der Waals surface area (Å²) in [5.74, 6) is 0.495. The van der Waals surface area contributed by atoms with Gasteiger partial charge in [0.15, 0.2) is 5.82 Å². The number of hydrogen-bond acceptors (Lipinski definition) is 4. The maximum absolute atomic E-state index is 12.5. The van der Waals surface area contributed by atoms with Crippen molar-refractivity contribution in [1.82, 2.24) is 10.2 Å². The molecule has 0 unspecified atom stereocenters. The van der Waals surface area contributed by atoms with Crippen LogP contribution in [0.4, 0.5) is 5.82 Å². The lowest BCUT2D eigenvalue weighted by Crippen LogP contribution is -2.46. The number of carbonyl (C=O) groups excluding carboxylic acids is 1. The molecule has 6 nitrogen and oxygen atoms in total. The summed E-state index contributed by atoms with van der Waals surface area (Å²) in [5.41, 5.74) is 6.25. The number of carbonyl (C=O) groups is 1. The van der Waals surface area contributed by atoms with Gasteiger partial charge in [-0.2, -0.15) is 5.10 Å². The molecule has 0 aromatic carbocycles. The summed E-state index contributed by atoms with van der Waals surface area (Å²) in [6, 6.07) is 1.88. The summed E-state index contributed by atoms with van der Waals surface area (Å²) in [7, 11) is 0. The summed E-state index contributed by atoms with van der Waals surface area (Å²) < 4.78 is 5.32. The molecular weight excluding hydrogens is 256 g/mol. The Bertz CT molecular complexity index is 470.